The Morgan fingerprint density at radius 3 is 2.44 bits per heavy atom. The Bertz CT molecular complexity index is 432. The van der Waals surface area contributed by atoms with Crippen LogP contribution >= 0.6 is 0 Å². The van der Waals surface area contributed by atoms with E-state index in [0.29, 0.717) is 6.61 Å². The predicted octanol–water partition coefficient (Wildman–Crippen LogP) is 3.28. The summed E-state index contributed by atoms with van der Waals surface area (Å²) in [4.78, 5) is 0. The zero-order valence-corrected chi connectivity index (χ0v) is 9.18. The SMILES string of the molecule is Cc1ccccc1OCc1ccccc1O. The van der Waals surface area contributed by atoms with Crippen LogP contribution in [0.3, 0.4) is 0 Å². The van der Waals surface area contributed by atoms with Crippen LogP contribution in [0.4, 0.5) is 0 Å². The van der Waals surface area contributed by atoms with Gasteiger partial charge in [0.1, 0.15) is 18.1 Å². The van der Waals surface area contributed by atoms with E-state index in [4.69, 9.17) is 4.74 Å². The molecule has 0 heterocycles. The molecule has 2 aromatic rings. The van der Waals surface area contributed by atoms with Crippen LogP contribution < -0.4 is 4.74 Å². The van der Waals surface area contributed by atoms with Gasteiger partial charge in [-0.3, -0.25) is 0 Å². The lowest BCUT2D eigenvalue weighted by molar-refractivity contribution is 0.297. The summed E-state index contributed by atoms with van der Waals surface area (Å²) < 4.78 is 5.64. The zero-order chi connectivity index (χ0) is 11.4. The lowest BCUT2D eigenvalue weighted by Crippen LogP contribution is -1.96. The molecule has 82 valence electrons. The van der Waals surface area contributed by atoms with Crippen LogP contribution in [0.1, 0.15) is 11.1 Å². The molecule has 2 heteroatoms. The lowest BCUT2D eigenvalue weighted by Gasteiger charge is -2.09. The molecule has 0 unspecified atom stereocenters. The van der Waals surface area contributed by atoms with Gasteiger partial charge in [0.15, 0.2) is 0 Å². The van der Waals surface area contributed by atoms with Gasteiger partial charge in [-0.1, -0.05) is 36.4 Å². The lowest BCUT2D eigenvalue weighted by atomic mass is 10.2. The van der Waals surface area contributed by atoms with E-state index in [2.05, 4.69) is 0 Å². The molecule has 0 spiro atoms. The van der Waals surface area contributed by atoms with Crippen molar-refractivity contribution >= 4 is 0 Å². The monoisotopic (exact) mass is 214 g/mol. The summed E-state index contributed by atoms with van der Waals surface area (Å²) in [5.41, 5.74) is 1.89. The summed E-state index contributed by atoms with van der Waals surface area (Å²) in [6.45, 7) is 2.39. The fourth-order valence-electron chi connectivity index (χ4n) is 1.51. The Morgan fingerprint density at radius 2 is 1.69 bits per heavy atom. The number of para-hydroxylation sites is 2. The first-order valence-electron chi connectivity index (χ1n) is 5.22. The van der Waals surface area contributed by atoms with E-state index in [0.717, 1.165) is 16.9 Å². The molecule has 2 rings (SSSR count). The first-order chi connectivity index (χ1) is 7.77. The summed E-state index contributed by atoms with van der Waals surface area (Å²) in [5, 5.41) is 9.58. The summed E-state index contributed by atoms with van der Waals surface area (Å²) in [5.74, 6) is 1.13. The van der Waals surface area contributed by atoms with Gasteiger partial charge in [0.25, 0.3) is 0 Å². The highest BCUT2D eigenvalue weighted by atomic mass is 16.5. The van der Waals surface area contributed by atoms with Gasteiger partial charge in [0.2, 0.25) is 0 Å². The van der Waals surface area contributed by atoms with E-state index < -0.39 is 0 Å². The average molecular weight is 214 g/mol. The van der Waals surface area contributed by atoms with Gasteiger partial charge in [0.05, 0.1) is 0 Å². The largest absolute Gasteiger partial charge is 0.508 e. The summed E-state index contributed by atoms with van der Waals surface area (Å²) in [6.07, 6.45) is 0. The molecule has 0 fully saturated rings. The molecule has 0 aromatic heterocycles. The normalized spacial score (nSPS) is 10.1. The van der Waals surface area contributed by atoms with E-state index >= 15 is 0 Å². The molecule has 0 saturated carbocycles. The van der Waals surface area contributed by atoms with Crippen molar-refractivity contribution in [2.75, 3.05) is 0 Å². The quantitative estimate of drug-likeness (QED) is 0.849. The second-order valence-electron chi connectivity index (χ2n) is 3.68. The Kier molecular flexibility index (Phi) is 3.10. The first kappa shape index (κ1) is 10.6. The Labute approximate surface area is 95.1 Å². The maximum Gasteiger partial charge on any atom is 0.122 e. The zero-order valence-electron chi connectivity index (χ0n) is 9.18. The van der Waals surface area contributed by atoms with E-state index in [1.54, 1.807) is 12.1 Å². The molecule has 0 saturated heterocycles. The smallest absolute Gasteiger partial charge is 0.122 e. The van der Waals surface area contributed by atoms with E-state index in [1.807, 2.05) is 43.3 Å². The molecule has 1 N–H and O–H groups in total. The number of ether oxygens (including phenoxy) is 1. The third-order valence-electron chi connectivity index (χ3n) is 2.47. The van der Waals surface area contributed by atoms with Gasteiger partial charge in [-0.05, 0) is 24.6 Å². The summed E-state index contributed by atoms with van der Waals surface area (Å²) >= 11 is 0. The van der Waals surface area contributed by atoms with Gasteiger partial charge >= 0.3 is 0 Å². The number of benzene rings is 2. The molecule has 0 atom stereocenters. The first-order valence-corrected chi connectivity index (χ1v) is 5.22. The molecule has 0 aliphatic rings. The topological polar surface area (TPSA) is 29.5 Å². The van der Waals surface area contributed by atoms with Gasteiger partial charge in [-0.2, -0.15) is 0 Å². The molecule has 0 aliphatic carbocycles. The summed E-state index contributed by atoms with van der Waals surface area (Å²) in [7, 11) is 0. The summed E-state index contributed by atoms with van der Waals surface area (Å²) in [6, 6.07) is 15.0. The van der Waals surface area contributed by atoms with Crippen molar-refractivity contribution in [2.24, 2.45) is 0 Å². The van der Waals surface area contributed by atoms with E-state index in [1.165, 1.54) is 0 Å². The minimum absolute atomic E-state index is 0.274. The molecule has 16 heavy (non-hydrogen) atoms. The third kappa shape index (κ3) is 2.34. The molecule has 0 amide bonds. The second-order valence-corrected chi connectivity index (χ2v) is 3.68. The Hall–Kier alpha value is -1.96. The van der Waals surface area contributed by atoms with Gasteiger partial charge in [-0.25, -0.2) is 0 Å². The highest BCUT2D eigenvalue weighted by molar-refractivity contribution is 5.34. The van der Waals surface area contributed by atoms with Crippen LogP contribution in [0.5, 0.6) is 11.5 Å². The molecule has 2 aromatic carbocycles. The number of phenolic OH excluding ortho intramolecular Hbond substituents is 1. The number of phenols is 1. The van der Waals surface area contributed by atoms with Crippen molar-refractivity contribution in [2.45, 2.75) is 13.5 Å². The molecule has 0 bridgehead atoms. The van der Waals surface area contributed by atoms with Crippen molar-refractivity contribution in [3.05, 3.63) is 59.7 Å². The fraction of sp³-hybridized carbons (Fsp3) is 0.143. The average Bonchev–Trinajstić information content (AvgIpc) is 2.30. The number of hydrogen-bond acceptors (Lipinski definition) is 2. The van der Waals surface area contributed by atoms with Crippen LogP contribution in [0.2, 0.25) is 0 Å². The van der Waals surface area contributed by atoms with Crippen LogP contribution in [0, 0.1) is 6.92 Å². The molecule has 2 nitrogen and oxygen atoms in total. The number of aromatic hydroxyl groups is 1. The minimum Gasteiger partial charge on any atom is -0.508 e. The number of rotatable bonds is 3. The highest BCUT2D eigenvalue weighted by Crippen LogP contribution is 2.21. The van der Waals surface area contributed by atoms with Crippen molar-refractivity contribution in [3.63, 3.8) is 0 Å². The van der Waals surface area contributed by atoms with Crippen molar-refractivity contribution in [1.29, 1.82) is 0 Å². The third-order valence-corrected chi connectivity index (χ3v) is 2.47. The van der Waals surface area contributed by atoms with Crippen LogP contribution in [-0.2, 0) is 6.61 Å². The standard InChI is InChI=1S/C14H14O2/c1-11-6-2-5-9-14(11)16-10-12-7-3-4-8-13(12)15/h2-9,15H,10H2,1H3. The van der Waals surface area contributed by atoms with Crippen molar-refractivity contribution in [1.82, 2.24) is 0 Å². The maximum absolute atomic E-state index is 9.58. The van der Waals surface area contributed by atoms with E-state index in [9.17, 15) is 5.11 Å². The molecule has 0 radical (unpaired) electrons. The number of aryl methyl sites for hydroxylation is 1. The maximum atomic E-state index is 9.58. The highest BCUT2D eigenvalue weighted by Gasteiger charge is 2.02. The fourth-order valence-corrected chi connectivity index (χ4v) is 1.51. The van der Waals surface area contributed by atoms with Gasteiger partial charge < -0.3 is 9.84 Å². The molecule has 0 aliphatic heterocycles. The second kappa shape index (κ2) is 4.71. The van der Waals surface area contributed by atoms with Crippen LogP contribution in [0.15, 0.2) is 48.5 Å². The van der Waals surface area contributed by atoms with Crippen LogP contribution in [-0.4, -0.2) is 5.11 Å². The predicted molar refractivity (Wildman–Crippen MR) is 63.6 cm³/mol. The minimum atomic E-state index is 0.274. The number of hydrogen-bond donors (Lipinski definition) is 1. The Balaban J connectivity index is 2.09. The van der Waals surface area contributed by atoms with Crippen molar-refractivity contribution < 1.29 is 9.84 Å². The molecular formula is C14H14O2. The Morgan fingerprint density at radius 1 is 1.00 bits per heavy atom. The van der Waals surface area contributed by atoms with E-state index in [-0.39, 0.29) is 5.75 Å². The van der Waals surface area contributed by atoms with Crippen LogP contribution in [0.25, 0.3) is 0 Å². The van der Waals surface area contributed by atoms with Gasteiger partial charge in [-0.15, -0.1) is 0 Å². The molecular weight excluding hydrogens is 200 g/mol. The van der Waals surface area contributed by atoms with Gasteiger partial charge in [0, 0.05) is 5.56 Å². The van der Waals surface area contributed by atoms with Crippen molar-refractivity contribution in [3.8, 4) is 11.5 Å².